The molecular weight excluding hydrogens is 284 g/mol. The molecule has 1 saturated heterocycles. The molecule has 6 heteroatoms. The van der Waals surface area contributed by atoms with Gasteiger partial charge in [0.15, 0.2) is 0 Å². The van der Waals surface area contributed by atoms with Crippen LogP contribution in [-0.2, 0) is 0 Å². The van der Waals surface area contributed by atoms with Crippen LogP contribution in [0.25, 0.3) is 0 Å². The Morgan fingerprint density at radius 1 is 1.33 bits per heavy atom. The lowest BCUT2D eigenvalue weighted by molar-refractivity contribution is 0.102. The Morgan fingerprint density at radius 2 is 2.14 bits per heavy atom. The number of aryl methyl sites for hydroxylation is 1. The minimum Gasteiger partial charge on any atom is -0.368 e. The number of nitrogens with zero attached hydrogens (tertiary/aromatic N) is 2. The maximum atomic E-state index is 12.1. The van der Waals surface area contributed by atoms with Gasteiger partial charge in [-0.25, -0.2) is 4.98 Å². The number of carbonyl (C=O) groups excluding carboxylic acids is 1. The number of amides is 1. The lowest BCUT2D eigenvalue weighted by Gasteiger charge is -2.29. The molecule has 1 aliphatic rings. The van der Waals surface area contributed by atoms with Gasteiger partial charge in [-0.2, -0.15) is 0 Å². The minimum atomic E-state index is -0.0927. The third kappa shape index (κ3) is 3.22. The molecule has 0 aliphatic carbocycles. The average Bonchev–Trinajstić information content (AvgIpc) is 2.95. The quantitative estimate of drug-likeness (QED) is 0.912. The first-order valence-electron chi connectivity index (χ1n) is 7.01. The zero-order valence-electron chi connectivity index (χ0n) is 11.9. The first-order valence-corrected chi connectivity index (χ1v) is 7.89. The van der Waals surface area contributed by atoms with Crippen LogP contribution in [0.5, 0.6) is 0 Å². The highest BCUT2D eigenvalue weighted by molar-refractivity contribution is 7.12. The number of rotatable bonds is 3. The number of thiophene rings is 1. The lowest BCUT2D eigenvalue weighted by Crippen LogP contribution is -2.43. The van der Waals surface area contributed by atoms with Gasteiger partial charge in [-0.05, 0) is 36.1 Å². The monoisotopic (exact) mass is 302 g/mol. The van der Waals surface area contributed by atoms with Gasteiger partial charge in [0.25, 0.3) is 5.91 Å². The van der Waals surface area contributed by atoms with E-state index in [1.807, 2.05) is 36.7 Å². The average molecular weight is 302 g/mol. The number of hydrogen-bond acceptors (Lipinski definition) is 5. The Kier molecular flexibility index (Phi) is 4.17. The molecule has 2 N–H and O–H groups in total. The second-order valence-electron chi connectivity index (χ2n) is 5.03. The summed E-state index contributed by atoms with van der Waals surface area (Å²) in [4.78, 5) is 19.5. The molecule has 0 radical (unpaired) electrons. The molecule has 5 nitrogen and oxygen atoms in total. The van der Waals surface area contributed by atoms with Gasteiger partial charge in [-0.15, -0.1) is 11.3 Å². The SMILES string of the molecule is Cc1ccsc1C(=O)Nc1ccc(N2CCNCC2)cn1. The highest BCUT2D eigenvalue weighted by Crippen LogP contribution is 2.19. The van der Waals surface area contributed by atoms with Crippen molar-refractivity contribution in [1.82, 2.24) is 10.3 Å². The molecule has 1 amide bonds. The Balaban J connectivity index is 1.67. The molecule has 2 aromatic rings. The molecule has 0 aromatic carbocycles. The fourth-order valence-electron chi connectivity index (χ4n) is 2.35. The molecule has 21 heavy (non-hydrogen) atoms. The van der Waals surface area contributed by atoms with Crippen LogP contribution < -0.4 is 15.5 Å². The van der Waals surface area contributed by atoms with Crippen molar-refractivity contribution in [3.8, 4) is 0 Å². The first-order chi connectivity index (χ1) is 10.2. The van der Waals surface area contributed by atoms with E-state index in [1.165, 1.54) is 11.3 Å². The predicted molar refractivity (Wildman–Crippen MR) is 86.3 cm³/mol. The van der Waals surface area contributed by atoms with Crippen molar-refractivity contribution in [2.75, 3.05) is 36.4 Å². The van der Waals surface area contributed by atoms with E-state index in [9.17, 15) is 4.79 Å². The first kappa shape index (κ1) is 14.0. The van der Waals surface area contributed by atoms with E-state index in [1.54, 1.807) is 0 Å². The van der Waals surface area contributed by atoms with E-state index in [4.69, 9.17) is 0 Å². The predicted octanol–water partition coefficient (Wildman–Crippen LogP) is 2.11. The Hall–Kier alpha value is -1.92. The molecule has 0 bridgehead atoms. The Bertz CT molecular complexity index is 617. The van der Waals surface area contributed by atoms with Gasteiger partial charge in [-0.3, -0.25) is 4.79 Å². The third-order valence-electron chi connectivity index (χ3n) is 3.54. The van der Waals surface area contributed by atoms with Gasteiger partial charge in [0.05, 0.1) is 16.8 Å². The summed E-state index contributed by atoms with van der Waals surface area (Å²) in [6, 6.07) is 5.81. The Morgan fingerprint density at radius 3 is 2.76 bits per heavy atom. The van der Waals surface area contributed by atoms with E-state index in [0.717, 1.165) is 42.3 Å². The lowest BCUT2D eigenvalue weighted by atomic mass is 10.3. The summed E-state index contributed by atoms with van der Waals surface area (Å²) in [6.07, 6.45) is 1.82. The van der Waals surface area contributed by atoms with Crippen LogP contribution in [0.2, 0.25) is 0 Å². The standard InChI is InChI=1S/C15H18N4OS/c1-11-4-9-21-14(11)15(20)18-13-3-2-12(10-17-13)19-7-5-16-6-8-19/h2-4,9-10,16H,5-8H2,1H3,(H,17,18,20). The van der Waals surface area contributed by atoms with E-state index in [0.29, 0.717) is 5.82 Å². The van der Waals surface area contributed by atoms with Gasteiger partial charge in [-0.1, -0.05) is 0 Å². The number of pyridine rings is 1. The molecule has 3 rings (SSSR count). The van der Waals surface area contributed by atoms with Crippen LogP contribution in [0.4, 0.5) is 11.5 Å². The molecule has 1 aliphatic heterocycles. The third-order valence-corrected chi connectivity index (χ3v) is 4.56. The zero-order valence-corrected chi connectivity index (χ0v) is 12.7. The molecule has 0 atom stereocenters. The van der Waals surface area contributed by atoms with Crippen molar-refractivity contribution in [3.63, 3.8) is 0 Å². The molecule has 0 spiro atoms. The van der Waals surface area contributed by atoms with Crippen molar-refractivity contribution >= 4 is 28.7 Å². The van der Waals surface area contributed by atoms with E-state index in [-0.39, 0.29) is 5.91 Å². The van der Waals surface area contributed by atoms with Gasteiger partial charge in [0.1, 0.15) is 5.82 Å². The normalized spacial score (nSPS) is 15.0. The van der Waals surface area contributed by atoms with Crippen molar-refractivity contribution in [2.45, 2.75) is 6.92 Å². The van der Waals surface area contributed by atoms with E-state index < -0.39 is 0 Å². The van der Waals surface area contributed by atoms with Crippen LogP contribution in [0.15, 0.2) is 29.8 Å². The Labute approximate surface area is 128 Å². The molecule has 0 unspecified atom stereocenters. The summed E-state index contributed by atoms with van der Waals surface area (Å²) in [5.74, 6) is 0.497. The molecular formula is C15H18N4OS. The summed E-state index contributed by atoms with van der Waals surface area (Å²) in [5.41, 5.74) is 2.09. The summed E-state index contributed by atoms with van der Waals surface area (Å²) in [6.45, 7) is 5.90. The van der Waals surface area contributed by atoms with Crippen LogP contribution in [0, 0.1) is 6.92 Å². The van der Waals surface area contributed by atoms with Crippen molar-refractivity contribution in [1.29, 1.82) is 0 Å². The second-order valence-corrected chi connectivity index (χ2v) is 5.94. The zero-order chi connectivity index (χ0) is 14.7. The van der Waals surface area contributed by atoms with Crippen LogP contribution >= 0.6 is 11.3 Å². The number of aromatic nitrogens is 1. The maximum Gasteiger partial charge on any atom is 0.267 e. The summed E-state index contributed by atoms with van der Waals surface area (Å²) >= 11 is 1.45. The van der Waals surface area contributed by atoms with Gasteiger partial charge in [0, 0.05) is 26.2 Å². The smallest absolute Gasteiger partial charge is 0.267 e. The fraction of sp³-hybridized carbons (Fsp3) is 0.333. The number of piperazine rings is 1. The summed E-state index contributed by atoms with van der Waals surface area (Å²) < 4.78 is 0. The molecule has 2 aromatic heterocycles. The minimum absolute atomic E-state index is 0.0927. The number of nitrogens with one attached hydrogen (secondary N) is 2. The van der Waals surface area contributed by atoms with Gasteiger partial charge in [0.2, 0.25) is 0 Å². The number of anilines is 2. The van der Waals surface area contributed by atoms with Crippen molar-refractivity contribution in [3.05, 3.63) is 40.2 Å². The van der Waals surface area contributed by atoms with Crippen LogP contribution in [0.1, 0.15) is 15.2 Å². The van der Waals surface area contributed by atoms with Crippen LogP contribution in [0.3, 0.4) is 0 Å². The van der Waals surface area contributed by atoms with Gasteiger partial charge < -0.3 is 15.5 Å². The number of hydrogen-bond donors (Lipinski definition) is 2. The number of carbonyl (C=O) groups is 1. The van der Waals surface area contributed by atoms with E-state index >= 15 is 0 Å². The summed E-state index contributed by atoms with van der Waals surface area (Å²) in [5, 5.41) is 8.09. The topological polar surface area (TPSA) is 57.3 Å². The van der Waals surface area contributed by atoms with Gasteiger partial charge >= 0.3 is 0 Å². The second kappa shape index (κ2) is 6.24. The molecule has 0 saturated carbocycles. The van der Waals surface area contributed by atoms with Crippen LogP contribution in [-0.4, -0.2) is 37.1 Å². The van der Waals surface area contributed by atoms with Crippen molar-refractivity contribution < 1.29 is 4.79 Å². The molecule has 3 heterocycles. The fourth-order valence-corrected chi connectivity index (χ4v) is 3.17. The highest BCUT2D eigenvalue weighted by atomic mass is 32.1. The maximum absolute atomic E-state index is 12.1. The van der Waals surface area contributed by atoms with E-state index in [2.05, 4.69) is 20.5 Å². The molecule has 110 valence electrons. The van der Waals surface area contributed by atoms with Crippen molar-refractivity contribution in [2.24, 2.45) is 0 Å². The largest absolute Gasteiger partial charge is 0.368 e. The highest BCUT2D eigenvalue weighted by Gasteiger charge is 2.13. The molecule has 1 fully saturated rings. The summed E-state index contributed by atoms with van der Waals surface area (Å²) in [7, 11) is 0.